The molecule has 1 fully saturated rings. The Morgan fingerprint density at radius 3 is 2.68 bits per heavy atom. The number of hydrogen-bond acceptors (Lipinski definition) is 4. The lowest BCUT2D eigenvalue weighted by Crippen LogP contribution is -2.49. The van der Waals surface area contributed by atoms with E-state index in [1.807, 2.05) is 36.4 Å². The van der Waals surface area contributed by atoms with Gasteiger partial charge in [0.05, 0.1) is 6.42 Å². The number of amidine groups is 1. The monoisotopic (exact) mass is 414 g/mol. The molecule has 2 N–H and O–H groups in total. The number of piperazine rings is 1. The molecule has 0 unspecified atom stereocenters. The van der Waals surface area contributed by atoms with E-state index < -0.39 is 0 Å². The zero-order valence-electron chi connectivity index (χ0n) is 15.5. The van der Waals surface area contributed by atoms with Gasteiger partial charge < -0.3 is 10.2 Å². The fourth-order valence-corrected chi connectivity index (χ4v) is 4.35. The van der Waals surface area contributed by atoms with Crippen LogP contribution in [-0.4, -0.2) is 54.3 Å². The Morgan fingerprint density at radius 1 is 1.18 bits per heavy atom. The number of hydrogen-bond donors (Lipinski definition) is 3. The van der Waals surface area contributed by atoms with Crippen LogP contribution in [0.15, 0.2) is 41.3 Å². The summed E-state index contributed by atoms with van der Waals surface area (Å²) >= 11 is 10.9. The van der Waals surface area contributed by atoms with Crippen LogP contribution >= 0.6 is 24.2 Å². The maximum atomic E-state index is 11.5. The molecule has 5 nitrogen and oxygen atoms in total. The second-order valence-electron chi connectivity index (χ2n) is 7.27. The van der Waals surface area contributed by atoms with Crippen molar-refractivity contribution in [1.82, 2.24) is 9.80 Å². The molecule has 4 rings (SSSR count). The predicted molar refractivity (Wildman–Crippen MR) is 116 cm³/mol. The van der Waals surface area contributed by atoms with Crippen LogP contribution in [0.4, 0.5) is 5.69 Å². The molecule has 2 aliphatic rings. The van der Waals surface area contributed by atoms with E-state index in [2.05, 4.69) is 27.7 Å². The van der Waals surface area contributed by atoms with Crippen LogP contribution in [-0.2, 0) is 17.6 Å². The third-order valence-electron chi connectivity index (χ3n) is 5.44. The van der Waals surface area contributed by atoms with Gasteiger partial charge in [-0.05, 0) is 35.7 Å². The number of halogens is 1. The summed E-state index contributed by atoms with van der Waals surface area (Å²) in [7, 11) is 0. The van der Waals surface area contributed by atoms with Gasteiger partial charge in [0.25, 0.3) is 0 Å². The summed E-state index contributed by atoms with van der Waals surface area (Å²) in [5.74, 6) is 0.576. The molecular weight excluding hydrogens is 392 g/mol. The van der Waals surface area contributed by atoms with Gasteiger partial charge in [0, 0.05) is 53.9 Å². The van der Waals surface area contributed by atoms with Gasteiger partial charge >= 0.3 is 0 Å². The molecule has 2 aromatic rings. The van der Waals surface area contributed by atoms with Crippen molar-refractivity contribution in [2.24, 2.45) is 0 Å². The van der Waals surface area contributed by atoms with Gasteiger partial charge in [0.15, 0.2) is 0 Å². The van der Waals surface area contributed by atoms with Crippen molar-refractivity contribution in [1.29, 1.82) is 5.41 Å². The minimum atomic E-state index is 0.0320. The summed E-state index contributed by atoms with van der Waals surface area (Å²) in [6.07, 6.45) is 1.26. The van der Waals surface area contributed by atoms with E-state index in [1.54, 1.807) is 0 Å². The highest BCUT2D eigenvalue weighted by Gasteiger charge is 2.22. The maximum absolute atomic E-state index is 11.5. The first-order valence-corrected chi connectivity index (χ1v) is 10.3. The quantitative estimate of drug-likeness (QED) is 0.408. The third-order valence-corrected chi connectivity index (χ3v) is 6.18. The van der Waals surface area contributed by atoms with Gasteiger partial charge in [-0.1, -0.05) is 29.8 Å². The average Bonchev–Trinajstić information content (AvgIpc) is 3.05. The molecular formula is C21H23ClN4OS. The molecule has 1 saturated heterocycles. The van der Waals surface area contributed by atoms with E-state index in [1.165, 1.54) is 0 Å². The second-order valence-corrected chi connectivity index (χ2v) is 8.16. The highest BCUT2D eigenvalue weighted by Crippen LogP contribution is 2.30. The number of carbonyl (C=O) groups excluding carboxylic acids is 1. The van der Waals surface area contributed by atoms with Gasteiger partial charge in [0.1, 0.15) is 5.84 Å². The van der Waals surface area contributed by atoms with Crippen LogP contribution < -0.4 is 5.32 Å². The molecule has 0 aliphatic carbocycles. The van der Waals surface area contributed by atoms with Crippen LogP contribution in [0.3, 0.4) is 0 Å². The van der Waals surface area contributed by atoms with Crippen molar-refractivity contribution in [2.45, 2.75) is 17.7 Å². The standard InChI is InChI=1S/C21H23ClN4OS/c22-17-11-15-13-20(27)24-18(15)12-14(17)5-6-25-7-9-26(10-8-25)21(23)16-3-1-2-4-19(16)28/h1-4,11-12,23,28H,5-10,13H2,(H,24,27). The van der Waals surface area contributed by atoms with E-state index >= 15 is 0 Å². The Morgan fingerprint density at radius 2 is 1.93 bits per heavy atom. The summed E-state index contributed by atoms with van der Waals surface area (Å²) in [4.78, 5) is 16.9. The van der Waals surface area contributed by atoms with E-state index in [9.17, 15) is 4.79 Å². The summed E-state index contributed by atoms with van der Waals surface area (Å²) in [5.41, 5.74) is 3.83. The normalized spacial score (nSPS) is 16.8. The van der Waals surface area contributed by atoms with Crippen LogP contribution in [0.25, 0.3) is 0 Å². The minimum absolute atomic E-state index is 0.0320. The first kappa shape index (κ1) is 19.3. The minimum Gasteiger partial charge on any atom is -0.354 e. The fraction of sp³-hybridized carbons (Fsp3) is 0.333. The predicted octanol–water partition coefficient (Wildman–Crippen LogP) is 3.31. The largest absolute Gasteiger partial charge is 0.354 e. The Balaban J connectivity index is 1.32. The summed E-state index contributed by atoms with van der Waals surface area (Å²) in [6.45, 7) is 4.40. The number of nitrogens with one attached hydrogen (secondary N) is 2. The fourth-order valence-electron chi connectivity index (χ4n) is 3.80. The lowest BCUT2D eigenvalue weighted by molar-refractivity contribution is -0.115. The zero-order valence-corrected chi connectivity index (χ0v) is 17.2. The smallest absolute Gasteiger partial charge is 0.228 e. The number of thiol groups is 1. The summed E-state index contributed by atoms with van der Waals surface area (Å²) in [6, 6.07) is 11.7. The summed E-state index contributed by atoms with van der Waals surface area (Å²) in [5, 5.41) is 12.1. The van der Waals surface area contributed by atoms with Crippen LogP contribution in [0.1, 0.15) is 16.7 Å². The van der Waals surface area contributed by atoms with Gasteiger partial charge in [-0.15, -0.1) is 12.6 Å². The van der Waals surface area contributed by atoms with Gasteiger partial charge in [-0.25, -0.2) is 0 Å². The molecule has 1 amide bonds. The highest BCUT2D eigenvalue weighted by molar-refractivity contribution is 7.80. The zero-order chi connectivity index (χ0) is 19.7. The molecule has 2 aliphatic heterocycles. The molecule has 28 heavy (non-hydrogen) atoms. The number of anilines is 1. The number of nitrogens with zero attached hydrogens (tertiary/aromatic N) is 2. The lowest BCUT2D eigenvalue weighted by atomic mass is 10.1. The van der Waals surface area contributed by atoms with Crippen molar-refractivity contribution < 1.29 is 4.79 Å². The number of rotatable bonds is 4. The van der Waals surface area contributed by atoms with Crippen molar-refractivity contribution in [3.05, 3.63) is 58.1 Å². The molecule has 146 valence electrons. The molecule has 0 aromatic heterocycles. The molecule has 2 heterocycles. The topological polar surface area (TPSA) is 59.4 Å². The van der Waals surface area contributed by atoms with Crippen LogP contribution in [0.2, 0.25) is 5.02 Å². The SMILES string of the molecule is N=C(c1ccccc1S)N1CCN(CCc2cc3c(cc2Cl)CC(=O)N3)CC1. The molecule has 0 spiro atoms. The first-order valence-electron chi connectivity index (χ1n) is 9.46. The Labute approximate surface area is 175 Å². The Bertz CT molecular complexity index is 925. The van der Waals surface area contributed by atoms with Gasteiger partial charge in [0.2, 0.25) is 5.91 Å². The van der Waals surface area contributed by atoms with Gasteiger partial charge in [-0.2, -0.15) is 0 Å². The Hall–Kier alpha value is -2.02. The molecule has 0 saturated carbocycles. The van der Waals surface area contributed by atoms with E-state index in [4.69, 9.17) is 17.0 Å². The van der Waals surface area contributed by atoms with E-state index in [0.717, 1.165) is 71.4 Å². The van der Waals surface area contributed by atoms with Crippen molar-refractivity contribution >= 4 is 41.7 Å². The lowest BCUT2D eigenvalue weighted by Gasteiger charge is -2.36. The summed E-state index contributed by atoms with van der Waals surface area (Å²) < 4.78 is 0. The van der Waals surface area contributed by atoms with Crippen LogP contribution in [0.5, 0.6) is 0 Å². The van der Waals surface area contributed by atoms with Gasteiger partial charge in [-0.3, -0.25) is 15.1 Å². The average molecular weight is 415 g/mol. The molecule has 2 aromatic carbocycles. The van der Waals surface area contributed by atoms with Crippen LogP contribution in [0, 0.1) is 5.41 Å². The maximum Gasteiger partial charge on any atom is 0.228 e. The van der Waals surface area contributed by atoms with Crippen molar-refractivity contribution in [2.75, 3.05) is 38.0 Å². The third kappa shape index (κ3) is 4.04. The molecule has 0 bridgehead atoms. The Kier molecular flexibility index (Phi) is 5.62. The molecule has 0 radical (unpaired) electrons. The highest BCUT2D eigenvalue weighted by atomic mass is 35.5. The number of fused-ring (bicyclic) bond motifs is 1. The first-order chi connectivity index (χ1) is 13.5. The number of carbonyl (C=O) groups is 1. The molecule has 0 atom stereocenters. The van der Waals surface area contributed by atoms with Crippen molar-refractivity contribution in [3.8, 4) is 0 Å². The van der Waals surface area contributed by atoms with E-state index in [0.29, 0.717) is 12.3 Å². The van der Waals surface area contributed by atoms with Crippen molar-refractivity contribution in [3.63, 3.8) is 0 Å². The van der Waals surface area contributed by atoms with E-state index in [-0.39, 0.29) is 5.91 Å². The second kappa shape index (κ2) is 8.15. The molecule has 7 heteroatoms. The number of benzene rings is 2. The number of amides is 1.